The number of primary amides is 1. The molecular formula is C79H113N21O21S. The molecule has 1 aliphatic rings. The third-order valence-corrected chi connectivity index (χ3v) is 19.8. The number of aliphatic carboxylic acids is 2. The molecule has 0 radical (unpaired) electrons. The first-order valence-corrected chi connectivity index (χ1v) is 40.9. The number of benzene rings is 3. The fourth-order valence-corrected chi connectivity index (χ4v) is 13.4. The molecule has 2 aromatic heterocycles. The van der Waals surface area contributed by atoms with Crippen LogP contribution in [0.2, 0.25) is 0 Å². The second kappa shape index (κ2) is 51.6. The Morgan fingerprint density at radius 3 is 1.59 bits per heavy atom. The van der Waals surface area contributed by atoms with Crippen molar-refractivity contribution >= 4 is 123 Å². The number of nitrogens with two attached hydrogens (primary N) is 3. The van der Waals surface area contributed by atoms with Crippen LogP contribution in [0.15, 0.2) is 97.6 Å². The van der Waals surface area contributed by atoms with E-state index in [4.69, 9.17) is 32.5 Å². The molecule has 1 aliphatic heterocycles. The number of aliphatic hydroxyl groups excluding tert-OH is 2. The third-order valence-electron chi connectivity index (χ3n) is 19.2. The number of nitrogens with zero attached hydrogens (tertiary/aromatic N) is 2. The van der Waals surface area contributed by atoms with Gasteiger partial charge in [0.15, 0.2) is 5.96 Å². The van der Waals surface area contributed by atoms with Gasteiger partial charge in [-0.25, -0.2) is 4.98 Å². The highest BCUT2D eigenvalue weighted by Gasteiger charge is 2.41. The number of thioether (sulfide) groups is 1. The van der Waals surface area contributed by atoms with Gasteiger partial charge in [-0.1, -0.05) is 74.5 Å². The highest BCUT2D eigenvalue weighted by Crippen LogP contribution is 2.23. The number of phenolic OH excluding ortho intramolecular Hbond substituents is 1. The number of unbranched alkanes of at least 4 members (excludes halogenated alkanes) is 1. The smallest absolute Gasteiger partial charge is 0.303 e. The van der Waals surface area contributed by atoms with Gasteiger partial charge in [-0.3, -0.25) is 82.1 Å². The van der Waals surface area contributed by atoms with E-state index in [-0.39, 0.29) is 94.1 Å². The second-order valence-corrected chi connectivity index (χ2v) is 30.1. The number of amides is 14. The monoisotopic (exact) mass is 1720 g/mol. The summed E-state index contributed by atoms with van der Waals surface area (Å²) in [6.07, 6.45) is 4.68. The van der Waals surface area contributed by atoms with Gasteiger partial charge >= 0.3 is 5.97 Å². The summed E-state index contributed by atoms with van der Waals surface area (Å²) in [6, 6.07) is 2.91. The highest BCUT2D eigenvalue weighted by atomic mass is 32.2. The molecule has 0 aliphatic carbocycles. The van der Waals surface area contributed by atoms with E-state index in [9.17, 15) is 78.0 Å². The first kappa shape index (κ1) is 99.8. The summed E-state index contributed by atoms with van der Waals surface area (Å²) in [4.78, 5) is 229. The van der Waals surface area contributed by atoms with Gasteiger partial charge in [0, 0.05) is 82.3 Å². The van der Waals surface area contributed by atoms with Crippen LogP contribution >= 0.6 is 11.8 Å². The van der Waals surface area contributed by atoms with Gasteiger partial charge in [-0.2, -0.15) is 11.8 Å². The number of likely N-dealkylation sites (tertiary alicyclic amines) is 1. The number of rotatable bonds is 50. The molecule has 27 N–H and O–H groups in total. The van der Waals surface area contributed by atoms with Gasteiger partial charge in [-0.15, -0.1) is 0 Å². The van der Waals surface area contributed by atoms with Crippen LogP contribution < -0.4 is 86.3 Å². The van der Waals surface area contributed by atoms with Crippen molar-refractivity contribution in [2.24, 2.45) is 23.1 Å². The molecule has 122 heavy (non-hydrogen) atoms. The molecule has 5 aromatic rings. The second-order valence-electron chi connectivity index (χ2n) is 29.2. The molecule has 43 heteroatoms. The molecular weight excluding hydrogens is 1610 g/mol. The fraction of sp³-hybridized carbons (Fsp3) is 0.494. The maximum absolute atomic E-state index is 15.2. The SMILES string of the molecule is CC(=O)O.CSCCC(NC(=O)C(CO)NC(=O)C(Cc1ccc(O)cc1)NC(=O)C(CO)NC(C)=O)C(=O)NC(CCC(=O)O)C(=O)NC(Cc1c[nH]cn1)C(=O)NC(Cc1ccccc1)C(=O)NC(CCCNC(=N)N)C(=O)NC(Cc1c[nH]c2ccccc12)C(=O)NCC(=O)NC(CCCCN)C(=O)N1CCCC1C(=O)NC(C(N)=O)C(C)C. The fourth-order valence-electron chi connectivity index (χ4n) is 12.9. The number of aromatic hydroxyl groups is 1. The Morgan fingerprint density at radius 1 is 0.566 bits per heavy atom. The van der Waals surface area contributed by atoms with E-state index < -0.39 is 212 Å². The molecule has 12 unspecified atom stereocenters. The number of phenols is 1. The van der Waals surface area contributed by atoms with Crippen LogP contribution in [0.3, 0.4) is 0 Å². The van der Waals surface area contributed by atoms with Gasteiger partial charge in [0.2, 0.25) is 82.7 Å². The van der Waals surface area contributed by atoms with Crippen molar-refractivity contribution in [2.75, 3.05) is 51.4 Å². The number of aromatic nitrogens is 3. The number of para-hydroxylation sites is 1. The van der Waals surface area contributed by atoms with Crippen molar-refractivity contribution < 1.29 is 102 Å². The van der Waals surface area contributed by atoms with Crippen LogP contribution in [-0.4, -0.2) is 270 Å². The van der Waals surface area contributed by atoms with Gasteiger partial charge in [0.1, 0.15) is 78.3 Å². The minimum absolute atomic E-state index is 0.00532. The quantitative estimate of drug-likeness (QED) is 0.00992. The summed E-state index contributed by atoms with van der Waals surface area (Å²) in [7, 11) is 0. The number of hydrogen-bond acceptors (Lipinski definition) is 23. The lowest BCUT2D eigenvalue weighted by molar-refractivity contribution is -0.142. The molecule has 3 heterocycles. The molecule has 14 amide bonds. The van der Waals surface area contributed by atoms with Crippen molar-refractivity contribution in [2.45, 2.75) is 190 Å². The van der Waals surface area contributed by atoms with Crippen LogP contribution in [0, 0.1) is 11.3 Å². The molecule has 6 rings (SSSR count). The minimum Gasteiger partial charge on any atom is -0.508 e. The van der Waals surface area contributed by atoms with E-state index >= 15 is 14.4 Å². The summed E-state index contributed by atoms with van der Waals surface area (Å²) in [5.74, 6) is -15.8. The number of carbonyl (C=O) groups excluding carboxylic acids is 14. The molecule has 1 saturated heterocycles. The van der Waals surface area contributed by atoms with E-state index in [0.717, 1.165) is 13.8 Å². The van der Waals surface area contributed by atoms with E-state index in [0.29, 0.717) is 46.9 Å². The largest absolute Gasteiger partial charge is 0.508 e. The molecule has 0 spiro atoms. The number of carboxylic acid groups (broad SMARTS) is 2. The van der Waals surface area contributed by atoms with Crippen LogP contribution in [0.25, 0.3) is 10.9 Å². The summed E-state index contributed by atoms with van der Waals surface area (Å²) >= 11 is 1.23. The molecule has 3 aromatic carbocycles. The average molecular weight is 1720 g/mol. The Balaban J connectivity index is 0.00000646. The van der Waals surface area contributed by atoms with E-state index in [1.165, 1.54) is 53.5 Å². The molecule has 666 valence electrons. The van der Waals surface area contributed by atoms with E-state index in [1.54, 1.807) is 80.9 Å². The zero-order chi connectivity index (χ0) is 90.1. The zero-order valence-corrected chi connectivity index (χ0v) is 69.2. The molecule has 1 fully saturated rings. The Morgan fingerprint density at radius 2 is 1.07 bits per heavy atom. The normalized spacial score (nSPS) is 14.9. The predicted molar refractivity (Wildman–Crippen MR) is 444 cm³/mol. The average Bonchev–Trinajstić information content (AvgIpc) is 1.64. The number of carboxylic acids is 2. The number of H-pyrrole nitrogens is 2. The maximum Gasteiger partial charge on any atom is 0.303 e. The number of nitrogens with one attached hydrogen (secondary N) is 16. The van der Waals surface area contributed by atoms with Crippen molar-refractivity contribution in [3.05, 3.63) is 120 Å². The molecule has 12 atom stereocenters. The van der Waals surface area contributed by atoms with Crippen molar-refractivity contribution in [3.8, 4) is 5.75 Å². The van der Waals surface area contributed by atoms with Crippen molar-refractivity contribution in [1.82, 2.24) is 89.0 Å². The number of guanidine groups is 1. The Labute approximate surface area is 707 Å². The lowest BCUT2D eigenvalue weighted by atomic mass is 10.0. The first-order chi connectivity index (χ1) is 58.1. The number of carbonyl (C=O) groups is 16. The maximum atomic E-state index is 15.2. The summed E-state index contributed by atoms with van der Waals surface area (Å²) in [5.41, 5.74) is 19.2. The standard InChI is InChI=1S/C77H109N21O19S.C2H4O2/c1-42(2)64(65(79)106)97-75(116)61-20-13-30-98(61)76(117)54(18-10-11-28-78)88-62(103)38-85-66(107)57(34-46-36-84-50-17-9-8-16-49(46)50)94-67(108)51(19-12-29-83-77(80)81)89-70(111)55(32-44-14-6-5-7-15-44)92-72(113)58(35-47-37-82-41-86-47)95-68(109)52(25-26-63(104)105)90-69(110)53(27-31-118-4)91-74(115)60(40-100)96-71(112)56(33-45-21-23-48(102)24-22-45)93-73(114)59(39-99)87-43(3)101;1-2(3)4/h5-9,14-17,21-24,36-37,41-42,51-61,64,84,99-100,102H,10-13,18-20,25-35,38-40,78H2,1-4H3,(H2,79,106)(H,82,86)(H,85,107)(H,87,101)(H,88,103)(H,89,111)(H,90,110)(H,91,115)(H,92,113)(H,93,114)(H,94,108)(H,95,109)(H,96,112)(H,97,116)(H,104,105)(H4,80,81,83);1H3,(H,3,4). The summed E-state index contributed by atoms with van der Waals surface area (Å²) < 4.78 is 0. The van der Waals surface area contributed by atoms with Crippen LogP contribution in [-0.2, 0) is 102 Å². The van der Waals surface area contributed by atoms with Crippen LogP contribution in [0.4, 0.5) is 0 Å². The third kappa shape index (κ3) is 34.2. The lowest BCUT2D eigenvalue weighted by Crippen LogP contribution is -2.61. The number of fused-ring (bicyclic) bond motifs is 1. The summed E-state index contributed by atoms with van der Waals surface area (Å²) in [6.45, 7) is 3.28. The van der Waals surface area contributed by atoms with Gasteiger partial charge < -0.3 is 127 Å². The van der Waals surface area contributed by atoms with Crippen molar-refractivity contribution in [1.29, 1.82) is 5.41 Å². The Hall–Kier alpha value is -12.8. The molecule has 0 saturated carbocycles. The van der Waals surface area contributed by atoms with Gasteiger partial charge in [0.25, 0.3) is 5.97 Å². The lowest BCUT2D eigenvalue weighted by Gasteiger charge is -2.30. The van der Waals surface area contributed by atoms with Gasteiger partial charge in [-0.05, 0) is 117 Å². The molecule has 42 nitrogen and oxygen atoms in total. The zero-order valence-electron chi connectivity index (χ0n) is 68.4. The minimum atomic E-state index is -1.84. The number of hydrogen-bond donors (Lipinski definition) is 24. The first-order valence-electron chi connectivity index (χ1n) is 39.5. The molecule has 0 bridgehead atoms. The van der Waals surface area contributed by atoms with E-state index in [2.05, 4.69) is 84.1 Å². The topological polar surface area (TPSA) is 680 Å². The highest BCUT2D eigenvalue weighted by molar-refractivity contribution is 7.98. The Bertz CT molecular complexity index is 4360. The van der Waals surface area contributed by atoms with Gasteiger partial charge in [0.05, 0.1) is 31.8 Å². The van der Waals surface area contributed by atoms with Crippen LogP contribution in [0.1, 0.15) is 114 Å². The number of aliphatic hydroxyl groups is 2. The van der Waals surface area contributed by atoms with Crippen LogP contribution in [0.5, 0.6) is 5.75 Å². The van der Waals surface area contributed by atoms with Crippen molar-refractivity contribution in [3.63, 3.8) is 0 Å². The Kier molecular flexibility index (Phi) is 42.2. The predicted octanol–water partition coefficient (Wildman–Crippen LogP) is -4.45. The number of imidazole rings is 1. The van der Waals surface area contributed by atoms with E-state index in [1.807, 2.05) is 0 Å². The summed E-state index contributed by atoms with van der Waals surface area (Å²) in [5, 5.41) is 89.3. The number of aromatic amines is 2.